The van der Waals surface area contributed by atoms with Crippen LogP contribution in [0.5, 0.6) is 0 Å². The third-order valence-corrected chi connectivity index (χ3v) is 5.48. The van der Waals surface area contributed by atoms with E-state index in [2.05, 4.69) is 0 Å². The van der Waals surface area contributed by atoms with Gasteiger partial charge in [0, 0.05) is 17.3 Å². The average molecular weight is 322 g/mol. The minimum absolute atomic E-state index is 0.102. The van der Waals surface area contributed by atoms with Crippen LogP contribution < -0.4 is 0 Å². The van der Waals surface area contributed by atoms with Gasteiger partial charge >= 0.3 is 6.18 Å². The summed E-state index contributed by atoms with van der Waals surface area (Å²) in [6.45, 7) is -0.224. The molecular formula is C9H11ClF3NO2S2. The van der Waals surface area contributed by atoms with E-state index >= 15 is 0 Å². The first-order valence-electron chi connectivity index (χ1n) is 4.86. The van der Waals surface area contributed by atoms with Crippen LogP contribution in [-0.2, 0) is 10.0 Å². The second-order valence-electron chi connectivity index (χ2n) is 3.51. The molecule has 3 nitrogen and oxygen atoms in total. The van der Waals surface area contributed by atoms with Crippen molar-refractivity contribution in [2.45, 2.75) is 17.3 Å². The fourth-order valence-corrected chi connectivity index (χ4v) is 4.42. The van der Waals surface area contributed by atoms with Crippen LogP contribution in [-0.4, -0.2) is 37.9 Å². The number of hydrogen-bond acceptors (Lipinski definition) is 3. The number of sulfonamides is 1. The Balaban J connectivity index is 3.04. The molecule has 9 heteroatoms. The topological polar surface area (TPSA) is 37.4 Å². The van der Waals surface area contributed by atoms with Crippen molar-refractivity contribution < 1.29 is 21.6 Å². The molecule has 0 radical (unpaired) electrons. The van der Waals surface area contributed by atoms with E-state index in [0.29, 0.717) is 9.18 Å². The Bertz CT molecular complexity index is 498. The van der Waals surface area contributed by atoms with Crippen LogP contribution >= 0.6 is 22.9 Å². The molecule has 0 saturated carbocycles. The van der Waals surface area contributed by atoms with Gasteiger partial charge in [-0.15, -0.1) is 22.9 Å². The lowest BCUT2D eigenvalue weighted by molar-refractivity contribution is -0.135. The summed E-state index contributed by atoms with van der Waals surface area (Å²) in [6, 6.07) is 2.84. The Morgan fingerprint density at radius 3 is 2.39 bits per heavy atom. The average Bonchev–Trinajstić information content (AvgIpc) is 2.63. The van der Waals surface area contributed by atoms with E-state index in [9.17, 15) is 21.6 Å². The number of alkyl halides is 4. The predicted octanol–water partition coefficient (Wildman–Crippen LogP) is 2.85. The zero-order valence-electron chi connectivity index (χ0n) is 9.37. The minimum Gasteiger partial charge on any atom is -0.206 e. The van der Waals surface area contributed by atoms with E-state index in [4.69, 9.17) is 11.6 Å². The van der Waals surface area contributed by atoms with E-state index < -0.39 is 22.7 Å². The summed E-state index contributed by atoms with van der Waals surface area (Å²) in [6.07, 6.45) is -4.59. The predicted molar refractivity (Wildman–Crippen MR) is 64.6 cm³/mol. The van der Waals surface area contributed by atoms with E-state index in [1.165, 1.54) is 6.07 Å². The van der Waals surface area contributed by atoms with Crippen molar-refractivity contribution in [1.29, 1.82) is 0 Å². The van der Waals surface area contributed by atoms with Crippen LogP contribution in [0.3, 0.4) is 0 Å². The molecule has 0 aliphatic rings. The molecule has 0 atom stereocenters. The second kappa shape index (κ2) is 5.77. The molecule has 1 aromatic heterocycles. The SMILES string of the molecule is Cc1ccc(S(=O)(=O)N(CCCl)CC(F)(F)F)s1. The molecule has 0 unspecified atom stereocenters. The normalized spacial score (nSPS) is 13.2. The summed E-state index contributed by atoms with van der Waals surface area (Å²) >= 11 is 6.29. The maximum Gasteiger partial charge on any atom is 0.402 e. The molecule has 1 rings (SSSR count). The van der Waals surface area contributed by atoms with Crippen LogP contribution in [0.25, 0.3) is 0 Å². The monoisotopic (exact) mass is 321 g/mol. The van der Waals surface area contributed by atoms with E-state index in [1.54, 1.807) is 13.0 Å². The first-order chi connectivity index (χ1) is 8.16. The van der Waals surface area contributed by atoms with Crippen molar-refractivity contribution in [3.05, 3.63) is 17.0 Å². The second-order valence-corrected chi connectivity index (χ2v) is 7.34. The van der Waals surface area contributed by atoms with Gasteiger partial charge in [-0.2, -0.15) is 17.5 Å². The Kier molecular flexibility index (Phi) is 5.05. The smallest absolute Gasteiger partial charge is 0.206 e. The van der Waals surface area contributed by atoms with Gasteiger partial charge in [0.05, 0.1) is 0 Å². The largest absolute Gasteiger partial charge is 0.402 e. The Labute approximate surface area is 112 Å². The van der Waals surface area contributed by atoms with Gasteiger partial charge in [0.2, 0.25) is 0 Å². The number of hydrogen-bond donors (Lipinski definition) is 0. The number of rotatable bonds is 5. The lowest BCUT2D eigenvalue weighted by Gasteiger charge is -2.21. The van der Waals surface area contributed by atoms with Gasteiger partial charge in [-0.3, -0.25) is 0 Å². The van der Waals surface area contributed by atoms with Crippen LogP contribution in [0.4, 0.5) is 13.2 Å². The summed E-state index contributed by atoms with van der Waals surface area (Å²) in [5, 5.41) is 0. The van der Waals surface area contributed by atoms with Gasteiger partial charge in [0.25, 0.3) is 10.0 Å². The maximum atomic E-state index is 12.3. The highest BCUT2D eigenvalue weighted by Gasteiger charge is 2.37. The minimum atomic E-state index is -4.59. The molecule has 1 heterocycles. The highest BCUT2D eigenvalue weighted by molar-refractivity contribution is 7.91. The first-order valence-corrected chi connectivity index (χ1v) is 7.65. The number of halogens is 4. The molecule has 104 valence electrons. The first kappa shape index (κ1) is 15.7. The molecule has 0 saturated heterocycles. The van der Waals surface area contributed by atoms with E-state index in [0.717, 1.165) is 11.3 Å². The molecule has 0 spiro atoms. The lowest BCUT2D eigenvalue weighted by atomic mass is 10.5. The highest BCUT2D eigenvalue weighted by atomic mass is 35.5. The molecular weight excluding hydrogens is 311 g/mol. The van der Waals surface area contributed by atoms with Crippen molar-refractivity contribution in [2.75, 3.05) is 19.0 Å². The third-order valence-electron chi connectivity index (χ3n) is 2.00. The lowest BCUT2D eigenvalue weighted by Crippen LogP contribution is -2.39. The molecule has 0 amide bonds. The zero-order chi connectivity index (χ0) is 14.0. The van der Waals surface area contributed by atoms with Crippen LogP contribution in [0.15, 0.2) is 16.3 Å². The van der Waals surface area contributed by atoms with Gasteiger partial charge in [0.15, 0.2) is 0 Å². The van der Waals surface area contributed by atoms with E-state index in [-0.39, 0.29) is 16.6 Å². The highest BCUT2D eigenvalue weighted by Crippen LogP contribution is 2.27. The summed E-state index contributed by atoms with van der Waals surface area (Å²) < 4.78 is 61.2. The van der Waals surface area contributed by atoms with Gasteiger partial charge in [-0.05, 0) is 19.1 Å². The summed E-state index contributed by atoms with van der Waals surface area (Å²) in [5.74, 6) is -0.195. The molecule has 1 aromatic rings. The molecule has 0 N–H and O–H groups in total. The van der Waals surface area contributed by atoms with Gasteiger partial charge in [-0.25, -0.2) is 8.42 Å². The zero-order valence-corrected chi connectivity index (χ0v) is 11.8. The number of thiophene rings is 1. The van der Waals surface area contributed by atoms with Crippen LogP contribution in [0.1, 0.15) is 4.88 Å². The molecule has 0 aromatic carbocycles. The molecule has 0 aliphatic carbocycles. The Morgan fingerprint density at radius 2 is 2.00 bits per heavy atom. The van der Waals surface area contributed by atoms with Gasteiger partial charge < -0.3 is 0 Å². The van der Waals surface area contributed by atoms with Crippen molar-refractivity contribution in [3.63, 3.8) is 0 Å². The van der Waals surface area contributed by atoms with Crippen molar-refractivity contribution in [1.82, 2.24) is 4.31 Å². The van der Waals surface area contributed by atoms with E-state index in [1.807, 2.05) is 0 Å². The molecule has 18 heavy (non-hydrogen) atoms. The molecule has 0 aliphatic heterocycles. The summed E-state index contributed by atoms with van der Waals surface area (Å²) in [5.41, 5.74) is 0. The van der Waals surface area contributed by atoms with Crippen molar-refractivity contribution in [2.24, 2.45) is 0 Å². The quantitative estimate of drug-likeness (QED) is 0.782. The molecule has 0 fully saturated rings. The number of nitrogens with zero attached hydrogens (tertiary/aromatic N) is 1. The fourth-order valence-electron chi connectivity index (χ4n) is 1.26. The summed E-state index contributed by atoms with van der Waals surface area (Å²) in [7, 11) is -4.13. The van der Waals surface area contributed by atoms with Crippen LogP contribution in [0.2, 0.25) is 0 Å². The standard InChI is InChI=1S/C9H11ClF3NO2S2/c1-7-2-3-8(17-7)18(15,16)14(5-4-10)6-9(11,12)13/h2-3H,4-6H2,1H3. The molecule has 0 bridgehead atoms. The van der Waals surface area contributed by atoms with Crippen molar-refractivity contribution >= 4 is 33.0 Å². The van der Waals surface area contributed by atoms with Crippen LogP contribution in [0, 0.1) is 6.92 Å². The Morgan fingerprint density at radius 1 is 1.39 bits per heavy atom. The Hall–Kier alpha value is -0.310. The van der Waals surface area contributed by atoms with Gasteiger partial charge in [0.1, 0.15) is 10.8 Å². The fraction of sp³-hybridized carbons (Fsp3) is 0.556. The third kappa shape index (κ3) is 4.11. The maximum absolute atomic E-state index is 12.3. The van der Waals surface area contributed by atoms with Gasteiger partial charge in [-0.1, -0.05) is 0 Å². The number of aryl methyl sites for hydroxylation is 1. The summed E-state index contributed by atoms with van der Waals surface area (Å²) in [4.78, 5) is 0.714. The van der Waals surface area contributed by atoms with Crippen molar-refractivity contribution in [3.8, 4) is 0 Å².